The van der Waals surface area contributed by atoms with Crippen LogP contribution in [0.3, 0.4) is 0 Å². The Kier molecular flexibility index (Phi) is 4.11. The van der Waals surface area contributed by atoms with Crippen LogP contribution in [0.15, 0.2) is 24.3 Å². The molecule has 0 heterocycles. The molecule has 0 spiro atoms. The van der Waals surface area contributed by atoms with Crippen LogP contribution in [0.2, 0.25) is 0 Å². The molecule has 2 nitrogen and oxygen atoms in total. The molecule has 90 valence electrons. The predicted molar refractivity (Wildman–Crippen MR) is 70.5 cm³/mol. The fraction of sp³-hybridized carbons (Fsp3) is 0.571. The Morgan fingerprint density at radius 3 is 2.38 bits per heavy atom. The second-order valence-electron chi connectivity index (χ2n) is 5.59. The molecule has 2 heteroatoms. The molecular formula is C14H24N2. The lowest BCUT2D eigenvalue weighted by molar-refractivity contribution is 0.243. The third-order valence-electron chi connectivity index (χ3n) is 2.77. The molecule has 1 atom stereocenters. The fourth-order valence-electron chi connectivity index (χ4n) is 1.97. The molecular weight excluding hydrogens is 196 g/mol. The Bertz CT molecular complexity index is 337. The molecule has 0 aliphatic heterocycles. The lowest BCUT2D eigenvalue weighted by Crippen LogP contribution is -2.37. The number of rotatable bonds is 4. The van der Waals surface area contributed by atoms with E-state index in [0.717, 1.165) is 6.42 Å². The summed E-state index contributed by atoms with van der Waals surface area (Å²) < 4.78 is 0. The normalized spacial score (nSPS) is 14.2. The highest BCUT2D eigenvalue weighted by Crippen LogP contribution is 2.27. The quantitative estimate of drug-likeness (QED) is 0.845. The molecule has 0 saturated heterocycles. The van der Waals surface area contributed by atoms with Crippen molar-refractivity contribution in [2.45, 2.75) is 38.8 Å². The van der Waals surface area contributed by atoms with Gasteiger partial charge in [-0.2, -0.15) is 0 Å². The maximum atomic E-state index is 6.12. The van der Waals surface area contributed by atoms with Crippen molar-refractivity contribution in [1.29, 1.82) is 0 Å². The number of nitrogens with zero attached hydrogens (tertiary/aromatic N) is 1. The number of benzene rings is 1. The maximum Gasteiger partial charge on any atom is 0.0359 e. The van der Waals surface area contributed by atoms with Crippen LogP contribution in [0.5, 0.6) is 0 Å². The molecule has 0 amide bonds. The zero-order valence-corrected chi connectivity index (χ0v) is 11.1. The third kappa shape index (κ3) is 3.95. The first-order valence-electron chi connectivity index (χ1n) is 5.81. The molecule has 2 N–H and O–H groups in total. The molecule has 16 heavy (non-hydrogen) atoms. The summed E-state index contributed by atoms with van der Waals surface area (Å²) in [5.74, 6) is 0. The minimum Gasteiger partial charge on any atom is -0.325 e. The SMILES string of the molecule is Cc1cccc(C(CC(C)(C)N)N(C)C)c1. The van der Waals surface area contributed by atoms with Crippen LogP contribution in [-0.4, -0.2) is 24.5 Å². The van der Waals surface area contributed by atoms with E-state index in [-0.39, 0.29) is 5.54 Å². The van der Waals surface area contributed by atoms with Crippen molar-refractivity contribution in [2.24, 2.45) is 5.73 Å². The van der Waals surface area contributed by atoms with E-state index in [1.807, 2.05) is 0 Å². The smallest absolute Gasteiger partial charge is 0.0359 e. The van der Waals surface area contributed by atoms with Gasteiger partial charge in [0.1, 0.15) is 0 Å². The minimum atomic E-state index is -0.140. The maximum absolute atomic E-state index is 6.12. The zero-order chi connectivity index (χ0) is 12.3. The third-order valence-corrected chi connectivity index (χ3v) is 2.77. The number of hydrogen-bond donors (Lipinski definition) is 1. The lowest BCUT2D eigenvalue weighted by Gasteiger charge is -2.31. The van der Waals surface area contributed by atoms with Gasteiger partial charge in [0, 0.05) is 11.6 Å². The van der Waals surface area contributed by atoms with Gasteiger partial charge < -0.3 is 10.6 Å². The Morgan fingerprint density at radius 2 is 1.94 bits per heavy atom. The molecule has 0 saturated carbocycles. The summed E-state index contributed by atoms with van der Waals surface area (Å²) in [6, 6.07) is 9.06. The van der Waals surface area contributed by atoms with E-state index < -0.39 is 0 Å². The Balaban J connectivity index is 2.94. The zero-order valence-electron chi connectivity index (χ0n) is 11.1. The Morgan fingerprint density at radius 1 is 1.31 bits per heavy atom. The van der Waals surface area contributed by atoms with Gasteiger partial charge in [-0.05, 0) is 46.9 Å². The van der Waals surface area contributed by atoms with E-state index in [1.165, 1.54) is 11.1 Å². The average Bonchev–Trinajstić information content (AvgIpc) is 2.12. The topological polar surface area (TPSA) is 29.3 Å². The van der Waals surface area contributed by atoms with Gasteiger partial charge in [-0.3, -0.25) is 0 Å². The highest BCUT2D eigenvalue weighted by molar-refractivity contribution is 5.25. The molecule has 1 unspecified atom stereocenters. The van der Waals surface area contributed by atoms with Gasteiger partial charge in [0.2, 0.25) is 0 Å². The molecule has 1 aromatic carbocycles. The Hall–Kier alpha value is -0.860. The van der Waals surface area contributed by atoms with Crippen molar-refractivity contribution in [3.05, 3.63) is 35.4 Å². The average molecular weight is 220 g/mol. The van der Waals surface area contributed by atoms with Gasteiger partial charge in [0.05, 0.1) is 0 Å². The van der Waals surface area contributed by atoms with Gasteiger partial charge in [-0.15, -0.1) is 0 Å². The number of aryl methyl sites for hydroxylation is 1. The molecule has 1 rings (SSSR count). The molecule has 0 fully saturated rings. The first-order valence-corrected chi connectivity index (χ1v) is 5.81. The van der Waals surface area contributed by atoms with Gasteiger partial charge in [0.25, 0.3) is 0 Å². The lowest BCUT2D eigenvalue weighted by atomic mass is 9.91. The second-order valence-corrected chi connectivity index (χ2v) is 5.59. The second kappa shape index (κ2) is 4.98. The summed E-state index contributed by atoms with van der Waals surface area (Å²) in [5, 5.41) is 0. The molecule has 0 bridgehead atoms. The van der Waals surface area contributed by atoms with Crippen LogP contribution >= 0.6 is 0 Å². The highest BCUT2D eigenvalue weighted by Gasteiger charge is 2.22. The summed E-state index contributed by atoms with van der Waals surface area (Å²) in [5.41, 5.74) is 8.64. The van der Waals surface area contributed by atoms with Crippen molar-refractivity contribution in [3.8, 4) is 0 Å². The summed E-state index contributed by atoms with van der Waals surface area (Å²) in [6.45, 7) is 6.29. The largest absolute Gasteiger partial charge is 0.325 e. The van der Waals surface area contributed by atoms with Gasteiger partial charge in [-0.1, -0.05) is 29.8 Å². The van der Waals surface area contributed by atoms with Crippen LogP contribution in [0.4, 0.5) is 0 Å². The summed E-state index contributed by atoms with van der Waals surface area (Å²) in [7, 11) is 4.22. The van der Waals surface area contributed by atoms with E-state index in [1.54, 1.807) is 0 Å². The van der Waals surface area contributed by atoms with Gasteiger partial charge in [0.15, 0.2) is 0 Å². The predicted octanol–water partition coefficient (Wildman–Crippen LogP) is 2.73. The Labute approximate surface area is 99.5 Å². The van der Waals surface area contributed by atoms with Crippen LogP contribution in [0, 0.1) is 6.92 Å². The van der Waals surface area contributed by atoms with Gasteiger partial charge in [-0.25, -0.2) is 0 Å². The van der Waals surface area contributed by atoms with E-state index >= 15 is 0 Å². The fourth-order valence-corrected chi connectivity index (χ4v) is 1.97. The minimum absolute atomic E-state index is 0.140. The van der Waals surface area contributed by atoms with Crippen LogP contribution in [0.25, 0.3) is 0 Å². The molecule has 0 aliphatic rings. The van der Waals surface area contributed by atoms with E-state index in [4.69, 9.17) is 5.73 Å². The van der Waals surface area contributed by atoms with Crippen LogP contribution < -0.4 is 5.73 Å². The van der Waals surface area contributed by atoms with Crippen molar-refractivity contribution in [1.82, 2.24) is 4.90 Å². The molecule has 0 aromatic heterocycles. The first kappa shape index (κ1) is 13.2. The monoisotopic (exact) mass is 220 g/mol. The van der Waals surface area contributed by atoms with Crippen molar-refractivity contribution < 1.29 is 0 Å². The van der Waals surface area contributed by atoms with E-state index in [2.05, 4.69) is 64.0 Å². The summed E-state index contributed by atoms with van der Waals surface area (Å²) >= 11 is 0. The summed E-state index contributed by atoms with van der Waals surface area (Å²) in [6.07, 6.45) is 0.962. The molecule has 1 aromatic rings. The van der Waals surface area contributed by atoms with Crippen molar-refractivity contribution >= 4 is 0 Å². The standard InChI is InChI=1S/C14H24N2/c1-11-7-6-8-12(9-11)13(16(4)5)10-14(2,3)15/h6-9,13H,10,15H2,1-5H3. The summed E-state index contributed by atoms with van der Waals surface area (Å²) in [4.78, 5) is 2.24. The number of hydrogen-bond acceptors (Lipinski definition) is 2. The van der Waals surface area contributed by atoms with E-state index in [0.29, 0.717) is 6.04 Å². The van der Waals surface area contributed by atoms with Crippen molar-refractivity contribution in [3.63, 3.8) is 0 Å². The van der Waals surface area contributed by atoms with Crippen molar-refractivity contribution in [2.75, 3.05) is 14.1 Å². The number of nitrogens with two attached hydrogens (primary N) is 1. The molecule has 0 radical (unpaired) electrons. The van der Waals surface area contributed by atoms with Crippen LogP contribution in [0.1, 0.15) is 37.4 Å². The van der Waals surface area contributed by atoms with Crippen LogP contribution in [-0.2, 0) is 0 Å². The molecule has 0 aliphatic carbocycles. The first-order chi connectivity index (χ1) is 7.29. The highest BCUT2D eigenvalue weighted by atomic mass is 15.1. The van der Waals surface area contributed by atoms with Gasteiger partial charge >= 0.3 is 0 Å². The van der Waals surface area contributed by atoms with E-state index in [9.17, 15) is 0 Å².